The van der Waals surface area contributed by atoms with Gasteiger partial charge in [0.25, 0.3) is 0 Å². The van der Waals surface area contributed by atoms with Gasteiger partial charge in [0.05, 0.1) is 6.61 Å². The molecule has 1 fully saturated rings. The lowest BCUT2D eigenvalue weighted by molar-refractivity contribution is 0.0901. The third-order valence-corrected chi connectivity index (χ3v) is 6.41. The maximum absolute atomic E-state index is 6.37. The highest BCUT2D eigenvalue weighted by Crippen LogP contribution is 2.56. The van der Waals surface area contributed by atoms with Gasteiger partial charge in [-0.1, -0.05) is 54.6 Å². The van der Waals surface area contributed by atoms with Gasteiger partial charge in [-0.2, -0.15) is 0 Å². The molecule has 2 nitrogen and oxygen atoms in total. The molecule has 2 aromatic carbocycles. The normalized spacial score (nSPS) is 24.6. The first kappa shape index (κ1) is 16.8. The standard InChI is InChI=1S/C25H27NO/c1-2-27-24-18-21(19-10-4-3-5-11-19)23-15-14-20-12-6-7-13-22(20)25(23,24)26-16-8-9-17-26/h3-7,10-13,18H,2,8-9,14-17H2,1H3. The maximum Gasteiger partial charge on any atom is 0.127 e. The molecule has 27 heavy (non-hydrogen) atoms. The molecule has 5 rings (SSSR count). The summed E-state index contributed by atoms with van der Waals surface area (Å²) in [6.07, 6.45) is 7.11. The SMILES string of the molecule is CCOC1=CC(c2ccccc2)=C2CCc3ccccc3C12N1CCCC1. The van der Waals surface area contributed by atoms with Crippen LogP contribution in [0.1, 0.15) is 42.9 Å². The Labute approximate surface area is 162 Å². The summed E-state index contributed by atoms with van der Waals surface area (Å²) in [6, 6.07) is 19.9. The van der Waals surface area contributed by atoms with Crippen LogP contribution in [0.4, 0.5) is 0 Å². The quantitative estimate of drug-likeness (QED) is 0.735. The molecule has 0 aromatic heterocycles. The fourth-order valence-electron chi connectivity index (χ4n) is 5.37. The van der Waals surface area contributed by atoms with E-state index in [4.69, 9.17) is 4.74 Å². The van der Waals surface area contributed by atoms with Crippen LogP contribution >= 0.6 is 0 Å². The lowest BCUT2D eigenvalue weighted by Gasteiger charge is -2.46. The van der Waals surface area contributed by atoms with E-state index in [1.807, 2.05) is 0 Å². The van der Waals surface area contributed by atoms with Crippen molar-refractivity contribution in [2.75, 3.05) is 19.7 Å². The van der Waals surface area contributed by atoms with Crippen molar-refractivity contribution in [3.63, 3.8) is 0 Å². The number of rotatable bonds is 4. The van der Waals surface area contributed by atoms with Crippen LogP contribution in [0.3, 0.4) is 0 Å². The molecule has 0 radical (unpaired) electrons. The second kappa shape index (κ2) is 6.69. The molecule has 0 bridgehead atoms. The number of fused-ring (bicyclic) bond motifs is 3. The third-order valence-electron chi connectivity index (χ3n) is 6.41. The molecule has 2 aliphatic carbocycles. The molecule has 0 saturated carbocycles. The number of hydrogen-bond donors (Lipinski definition) is 0. The minimum absolute atomic E-state index is 0.202. The van der Waals surface area contributed by atoms with Crippen molar-refractivity contribution in [1.82, 2.24) is 4.90 Å². The first-order chi connectivity index (χ1) is 13.4. The molecule has 1 unspecified atom stereocenters. The predicted octanol–water partition coefficient (Wildman–Crippen LogP) is 5.31. The van der Waals surface area contributed by atoms with E-state index in [1.54, 1.807) is 0 Å². The van der Waals surface area contributed by atoms with Gasteiger partial charge < -0.3 is 4.74 Å². The minimum Gasteiger partial charge on any atom is -0.495 e. The molecule has 1 heterocycles. The summed E-state index contributed by atoms with van der Waals surface area (Å²) in [6.45, 7) is 5.10. The number of hydrogen-bond acceptors (Lipinski definition) is 2. The van der Waals surface area contributed by atoms with Gasteiger partial charge in [-0.15, -0.1) is 0 Å². The van der Waals surface area contributed by atoms with Crippen LogP contribution in [0.2, 0.25) is 0 Å². The molecule has 2 aromatic rings. The zero-order valence-electron chi connectivity index (χ0n) is 16.1. The summed E-state index contributed by atoms with van der Waals surface area (Å²) in [7, 11) is 0. The Morgan fingerprint density at radius 1 is 0.926 bits per heavy atom. The molecule has 0 amide bonds. The molecular formula is C25H27NO. The highest BCUT2D eigenvalue weighted by Gasteiger charge is 2.53. The highest BCUT2D eigenvalue weighted by molar-refractivity contribution is 5.85. The van der Waals surface area contributed by atoms with Gasteiger partial charge in [0.1, 0.15) is 11.3 Å². The van der Waals surface area contributed by atoms with Crippen molar-refractivity contribution in [2.45, 2.75) is 38.1 Å². The Bertz CT molecular complexity index is 905. The first-order valence-electron chi connectivity index (χ1n) is 10.3. The van der Waals surface area contributed by atoms with E-state index in [1.165, 1.54) is 40.7 Å². The number of benzene rings is 2. The average Bonchev–Trinajstić information content (AvgIpc) is 3.36. The molecule has 2 heteroatoms. The van der Waals surface area contributed by atoms with E-state index in [0.717, 1.165) is 31.7 Å². The molecule has 0 N–H and O–H groups in total. The third kappa shape index (κ3) is 2.43. The van der Waals surface area contributed by atoms with E-state index >= 15 is 0 Å². The van der Waals surface area contributed by atoms with Crippen molar-refractivity contribution in [2.24, 2.45) is 0 Å². The van der Waals surface area contributed by atoms with E-state index in [9.17, 15) is 0 Å². The zero-order valence-corrected chi connectivity index (χ0v) is 16.1. The Morgan fingerprint density at radius 2 is 1.67 bits per heavy atom. The Hall–Kier alpha value is -2.32. The van der Waals surface area contributed by atoms with Crippen molar-refractivity contribution < 1.29 is 4.74 Å². The fraction of sp³-hybridized carbons (Fsp3) is 0.360. The van der Waals surface area contributed by atoms with Gasteiger partial charge in [-0.05, 0) is 79.6 Å². The molecule has 0 spiro atoms. The number of aryl methyl sites for hydroxylation is 1. The van der Waals surface area contributed by atoms with Crippen molar-refractivity contribution in [3.8, 4) is 0 Å². The molecule has 3 aliphatic rings. The molecular weight excluding hydrogens is 330 g/mol. The van der Waals surface area contributed by atoms with Gasteiger partial charge in [-0.3, -0.25) is 4.90 Å². The van der Waals surface area contributed by atoms with Gasteiger partial charge in [0.15, 0.2) is 0 Å². The van der Waals surface area contributed by atoms with Crippen LogP contribution < -0.4 is 0 Å². The monoisotopic (exact) mass is 357 g/mol. The summed E-state index contributed by atoms with van der Waals surface area (Å²) >= 11 is 0. The maximum atomic E-state index is 6.37. The van der Waals surface area contributed by atoms with Gasteiger partial charge in [0.2, 0.25) is 0 Å². The average molecular weight is 357 g/mol. The van der Waals surface area contributed by atoms with Crippen LogP contribution in [0, 0.1) is 0 Å². The summed E-state index contributed by atoms with van der Waals surface area (Å²) in [4.78, 5) is 2.69. The summed E-state index contributed by atoms with van der Waals surface area (Å²) < 4.78 is 6.37. The van der Waals surface area contributed by atoms with E-state index < -0.39 is 0 Å². The molecule has 138 valence electrons. The van der Waals surface area contributed by atoms with Crippen LogP contribution in [0.5, 0.6) is 0 Å². The zero-order chi connectivity index (χ0) is 18.3. The topological polar surface area (TPSA) is 12.5 Å². The van der Waals surface area contributed by atoms with Crippen LogP contribution in [0.25, 0.3) is 5.57 Å². The Balaban J connectivity index is 1.79. The fourth-order valence-corrected chi connectivity index (χ4v) is 5.37. The Kier molecular flexibility index (Phi) is 4.17. The predicted molar refractivity (Wildman–Crippen MR) is 110 cm³/mol. The van der Waals surface area contributed by atoms with E-state index in [0.29, 0.717) is 6.61 Å². The van der Waals surface area contributed by atoms with E-state index in [2.05, 4.69) is 72.5 Å². The second-order valence-corrected chi connectivity index (χ2v) is 7.76. The summed E-state index contributed by atoms with van der Waals surface area (Å²) in [5, 5.41) is 0. The minimum atomic E-state index is -0.202. The molecule has 1 aliphatic heterocycles. The van der Waals surface area contributed by atoms with Gasteiger partial charge >= 0.3 is 0 Å². The number of likely N-dealkylation sites (tertiary alicyclic amines) is 1. The van der Waals surface area contributed by atoms with Crippen LogP contribution in [-0.4, -0.2) is 24.6 Å². The van der Waals surface area contributed by atoms with E-state index in [-0.39, 0.29) is 5.54 Å². The van der Waals surface area contributed by atoms with Gasteiger partial charge in [0, 0.05) is 0 Å². The number of nitrogens with zero attached hydrogens (tertiary/aromatic N) is 1. The number of ether oxygens (including phenoxy) is 1. The second-order valence-electron chi connectivity index (χ2n) is 7.76. The van der Waals surface area contributed by atoms with Crippen LogP contribution in [-0.2, 0) is 16.7 Å². The van der Waals surface area contributed by atoms with Gasteiger partial charge in [-0.25, -0.2) is 0 Å². The van der Waals surface area contributed by atoms with Crippen molar-refractivity contribution >= 4 is 5.57 Å². The van der Waals surface area contributed by atoms with Crippen LogP contribution in [0.15, 0.2) is 72.0 Å². The lowest BCUT2D eigenvalue weighted by Crippen LogP contribution is -2.49. The molecule has 1 atom stereocenters. The molecule has 1 saturated heterocycles. The van der Waals surface area contributed by atoms with Crippen molar-refractivity contribution in [3.05, 3.63) is 88.7 Å². The Morgan fingerprint density at radius 3 is 2.44 bits per heavy atom. The van der Waals surface area contributed by atoms with Crippen molar-refractivity contribution in [1.29, 1.82) is 0 Å². The smallest absolute Gasteiger partial charge is 0.127 e. The summed E-state index contributed by atoms with van der Waals surface area (Å²) in [5.74, 6) is 1.13. The lowest BCUT2D eigenvalue weighted by atomic mass is 9.71. The highest BCUT2D eigenvalue weighted by atomic mass is 16.5. The summed E-state index contributed by atoms with van der Waals surface area (Å²) in [5.41, 5.74) is 6.95. The number of allylic oxidation sites excluding steroid dienone is 2. The largest absolute Gasteiger partial charge is 0.495 e. The first-order valence-corrected chi connectivity index (χ1v) is 10.3.